The van der Waals surface area contributed by atoms with Crippen molar-refractivity contribution in [3.05, 3.63) is 30.1 Å². The molecular weight excluding hydrogens is 230 g/mol. The molecule has 96 valence electrons. The van der Waals surface area contributed by atoms with Crippen LogP contribution >= 0.6 is 0 Å². The molecule has 0 aliphatic rings. The van der Waals surface area contributed by atoms with Crippen LogP contribution in [-0.4, -0.2) is 30.7 Å². The number of aromatic amines is 1. The Hall–Kier alpha value is -2.01. The van der Waals surface area contributed by atoms with Crippen molar-refractivity contribution < 1.29 is 9.47 Å². The third-order valence-electron chi connectivity index (χ3n) is 2.70. The quantitative estimate of drug-likeness (QED) is 0.841. The van der Waals surface area contributed by atoms with Gasteiger partial charge in [-0.2, -0.15) is 0 Å². The van der Waals surface area contributed by atoms with E-state index >= 15 is 0 Å². The van der Waals surface area contributed by atoms with Crippen molar-refractivity contribution in [2.75, 3.05) is 20.8 Å². The lowest BCUT2D eigenvalue weighted by molar-refractivity contribution is 0.355. The number of hydrogen-bond acceptors (Lipinski definition) is 4. The zero-order valence-corrected chi connectivity index (χ0v) is 10.6. The molecule has 0 saturated carbocycles. The molecule has 2 rings (SSSR count). The van der Waals surface area contributed by atoms with Crippen LogP contribution < -0.4 is 15.2 Å². The van der Waals surface area contributed by atoms with Crippen molar-refractivity contribution in [2.45, 2.75) is 6.42 Å². The van der Waals surface area contributed by atoms with Crippen LogP contribution in [0.5, 0.6) is 11.5 Å². The fourth-order valence-corrected chi connectivity index (χ4v) is 1.77. The second-order valence-corrected chi connectivity index (χ2v) is 3.87. The Bertz CT molecular complexity index is 523. The van der Waals surface area contributed by atoms with E-state index in [-0.39, 0.29) is 0 Å². The summed E-state index contributed by atoms with van der Waals surface area (Å²) in [5, 5.41) is 0. The van der Waals surface area contributed by atoms with Gasteiger partial charge in [-0.3, -0.25) is 0 Å². The summed E-state index contributed by atoms with van der Waals surface area (Å²) in [6.07, 6.45) is 2.60. The average Bonchev–Trinajstić information content (AvgIpc) is 2.87. The molecule has 5 heteroatoms. The first kappa shape index (κ1) is 12.4. The van der Waals surface area contributed by atoms with Crippen LogP contribution in [0, 0.1) is 0 Å². The van der Waals surface area contributed by atoms with Gasteiger partial charge in [0, 0.05) is 23.9 Å². The van der Waals surface area contributed by atoms with E-state index in [9.17, 15) is 0 Å². The summed E-state index contributed by atoms with van der Waals surface area (Å²) in [4.78, 5) is 7.56. The monoisotopic (exact) mass is 247 g/mol. The first-order valence-corrected chi connectivity index (χ1v) is 5.75. The van der Waals surface area contributed by atoms with Crippen molar-refractivity contribution in [2.24, 2.45) is 5.73 Å². The zero-order chi connectivity index (χ0) is 13.0. The Morgan fingerprint density at radius 3 is 2.67 bits per heavy atom. The molecule has 1 aromatic heterocycles. The van der Waals surface area contributed by atoms with E-state index in [1.54, 1.807) is 20.4 Å². The van der Waals surface area contributed by atoms with Crippen molar-refractivity contribution in [3.8, 4) is 22.9 Å². The molecule has 0 atom stereocenters. The number of nitrogens with one attached hydrogen (secondary N) is 1. The van der Waals surface area contributed by atoms with Gasteiger partial charge in [0.05, 0.1) is 14.2 Å². The van der Waals surface area contributed by atoms with Gasteiger partial charge in [-0.15, -0.1) is 0 Å². The molecule has 3 N–H and O–H groups in total. The number of rotatable bonds is 5. The first-order chi connectivity index (χ1) is 8.78. The Kier molecular flexibility index (Phi) is 3.84. The third kappa shape index (κ3) is 2.46. The van der Waals surface area contributed by atoms with Crippen molar-refractivity contribution in [3.63, 3.8) is 0 Å². The smallest absolute Gasteiger partial charge is 0.161 e. The average molecular weight is 247 g/mol. The summed E-state index contributed by atoms with van der Waals surface area (Å²) < 4.78 is 10.5. The minimum absolute atomic E-state index is 0.605. The Balaban J connectivity index is 2.31. The van der Waals surface area contributed by atoms with E-state index in [1.165, 1.54) is 0 Å². The van der Waals surface area contributed by atoms with E-state index in [4.69, 9.17) is 15.2 Å². The second kappa shape index (κ2) is 5.55. The number of H-pyrrole nitrogens is 1. The van der Waals surface area contributed by atoms with Crippen LogP contribution in [0.3, 0.4) is 0 Å². The van der Waals surface area contributed by atoms with Gasteiger partial charge < -0.3 is 20.2 Å². The highest BCUT2D eigenvalue weighted by Crippen LogP contribution is 2.31. The number of ether oxygens (including phenoxy) is 2. The van der Waals surface area contributed by atoms with Crippen LogP contribution in [-0.2, 0) is 6.42 Å². The summed E-state index contributed by atoms with van der Waals surface area (Å²) in [6.45, 7) is 0.605. The summed E-state index contributed by atoms with van der Waals surface area (Å²) in [7, 11) is 3.23. The molecule has 0 radical (unpaired) electrons. The Morgan fingerprint density at radius 1 is 1.22 bits per heavy atom. The predicted molar refractivity (Wildman–Crippen MR) is 69.9 cm³/mol. The normalized spacial score (nSPS) is 10.4. The van der Waals surface area contributed by atoms with Crippen LogP contribution in [0.4, 0.5) is 0 Å². The molecule has 0 bridgehead atoms. The van der Waals surface area contributed by atoms with Crippen molar-refractivity contribution in [1.29, 1.82) is 0 Å². The van der Waals surface area contributed by atoms with Gasteiger partial charge in [-0.1, -0.05) is 0 Å². The zero-order valence-electron chi connectivity index (χ0n) is 10.6. The lowest BCUT2D eigenvalue weighted by Crippen LogP contribution is -2.02. The molecule has 5 nitrogen and oxygen atoms in total. The maximum absolute atomic E-state index is 5.51. The molecule has 18 heavy (non-hydrogen) atoms. The summed E-state index contributed by atoms with van der Waals surface area (Å²) >= 11 is 0. The molecule has 0 fully saturated rings. The van der Waals surface area contributed by atoms with Crippen molar-refractivity contribution in [1.82, 2.24) is 9.97 Å². The van der Waals surface area contributed by atoms with E-state index in [0.29, 0.717) is 18.0 Å². The molecular formula is C13H17N3O2. The largest absolute Gasteiger partial charge is 0.493 e. The van der Waals surface area contributed by atoms with E-state index in [0.717, 1.165) is 23.5 Å². The molecule has 0 amide bonds. The molecule has 0 spiro atoms. The maximum atomic E-state index is 5.51. The van der Waals surface area contributed by atoms with Gasteiger partial charge in [0.25, 0.3) is 0 Å². The van der Waals surface area contributed by atoms with Gasteiger partial charge in [0.15, 0.2) is 11.5 Å². The topological polar surface area (TPSA) is 73.2 Å². The number of methoxy groups -OCH3 is 2. The number of nitrogens with zero attached hydrogens (tertiary/aromatic N) is 1. The predicted octanol–water partition coefficient (Wildman–Crippen LogP) is 1.60. The maximum Gasteiger partial charge on any atom is 0.161 e. The number of benzene rings is 1. The van der Waals surface area contributed by atoms with Crippen molar-refractivity contribution >= 4 is 0 Å². The first-order valence-electron chi connectivity index (χ1n) is 5.75. The van der Waals surface area contributed by atoms with Crippen LogP contribution in [0.2, 0.25) is 0 Å². The van der Waals surface area contributed by atoms with E-state index in [2.05, 4.69) is 9.97 Å². The molecule has 0 saturated heterocycles. The van der Waals surface area contributed by atoms with Gasteiger partial charge in [-0.25, -0.2) is 4.98 Å². The molecule has 1 heterocycles. The highest BCUT2D eigenvalue weighted by atomic mass is 16.5. The number of aromatic nitrogens is 2. The minimum Gasteiger partial charge on any atom is -0.493 e. The second-order valence-electron chi connectivity index (χ2n) is 3.87. The SMILES string of the molecule is COc1ccc(-c2ncc(CCN)[nH]2)cc1OC. The van der Waals surface area contributed by atoms with Crippen LogP contribution in [0.15, 0.2) is 24.4 Å². The summed E-state index contributed by atoms with van der Waals surface area (Å²) in [6, 6.07) is 5.69. The Morgan fingerprint density at radius 2 is 2.00 bits per heavy atom. The summed E-state index contributed by atoms with van der Waals surface area (Å²) in [5.74, 6) is 2.20. The van der Waals surface area contributed by atoms with Gasteiger partial charge in [-0.05, 0) is 24.7 Å². The molecule has 0 unspecified atom stereocenters. The molecule has 1 aromatic carbocycles. The fourth-order valence-electron chi connectivity index (χ4n) is 1.77. The lowest BCUT2D eigenvalue weighted by atomic mass is 10.2. The molecule has 0 aliphatic carbocycles. The molecule has 0 aliphatic heterocycles. The highest BCUT2D eigenvalue weighted by Gasteiger charge is 2.08. The highest BCUT2D eigenvalue weighted by molar-refractivity contribution is 5.61. The fraction of sp³-hybridized carbons (Fsp3) is 0.308. The lowest BCUT2D eigenvalue weighted by Gasteiger charge is -2.08. The van der Waals surface area contributed by atoms with Crippen LogP contribution in [0.25, 0.3) is 11.4 Å². The minimum atomic E-state index is 0.605. The summed E-state index contributed by atoms with van der Waals surface area (Å²) in [5.41, 5.74) is 7.49. The van der Waals surface area contributed by atoms with Crippen LogP contribution in [0.1, 0.15) is 5.69 Å². The molecule has 2 aromatic rings. The van der Waals surface area contributed by atoms with E-state index in [1.807, 2.05) is 18.2 Å². The number of nitrogens with two attached hydrogens (primary N) is 1. The Labute approximate surface area is 106 Å². The number of imidazole rings is 1. The van der Waals surface area contributed by atoms with E-state index < -0.39 is 0 Å². The van der Waals surface area contributed by atoms with Gasteiger partial charge >= 0.3 is 0 Å². The number of hydrogen-bond donors (Lipinski definition) is 2. The third-order valence-corrected chi connectivity index (χ3v) is 2.70. The van der Waals surface area contributed by atoms with Gasteiger partial charge in [0.2, 0.25) is 0 Å². The standard InChI is InChI=1S/C13H17N3O2/c1-17-11-4-3-9(7-12(11)18-2)13-15-8-10(16-13)5-6-14/h3-4,7-8H,5-6,14H2,1-2H3,(H,15,16). The van der Waals surface area contributed by atoms with Gasteiger partial charge in [0.1, 0.15) is 5.82 Å².